The van der Waals surface area contributed by atoms with Gasteiger partial charge in [0.2, 0.25) is 5.91 Å². The maximum atomic E-state index is 13.0. The standard InChI is InChI=1S/C22H22ClN3O3/c1-15(26-21(28)17-7-3-4-8-18(17)22(26)29)20(27)25-12-10-24(11-13-25)14-16-6-2-5-9-19(16)23/h2-9,15H,10-14H2,1H3/t15-/m1/s1. The molecule has 29 heavy (non-hydrogen) atoms. The number of halogens is 1. The number of carbonyl (C=O) groups excluding carboxylic acids is 3. The lowest BCUT2D eigenvalue weighted by molar-refractivity contribution is -0.136. The molecular weight excluding hydrogens is 390 g/mol. The van der Waals surface area contributed by atoms with Gasteiger partial charge in [0.1, 0.15) is 6.04 Å². The van der Waals surface area contributed by atoms with Crippen molar-refractivity contribution in [2.75, 3.05) is 26.2 Å². The van der Waals surface area contributed by atoms with E-state index < -0.39 is 17.9 Å². The molecule has 2 heterocycles. The first-order chi connectivity index (χ1) is 14.0. The van der Waals surface area contributed by atoms with Crippen LogP contribution < -0.4 is 0 Å². The van der Waals surface area contributed by atoms with Gasteiger partial charge in [-0.15, -0.1) is 0 Å². The number of rotatable bonds is 4. The Morgan fingerprint density at radius 1 is 0.931 bits per heavy atom. The smallest absolute Gasteiger partial charge is 0.262 e. The van der Waals surface area contributed by atoms with Gasteiger partial charge in [-0.1, -0.05) is 41.9 Å². The van der Waals surface area contributed by atoms with Gasteiger partial charge >= 0.3 is 0 Å². The molecule has 3 amide bonds. The van der Waals surface area contributed by atoms with Crippen molar-refractivity contribution in [2.24, 2.45) is 0 Å². The van der Waals surface area contributed by atoms with Gasteiger partial charge in [0.25, 0.3) is 11.8 Å². The Labute approximate surface area is 174 Å². The lowest BCUT2D eigenvalue weighted by Gasteiger charge is -2.37. The summed E-state index contributed by atoms with van der Waals surface area (Å²) in [7, 11) is 0. The molecule has 0 radical (unpaired) electrons. The molecule has 2 aromatic rings. The molecule has 1 atom stereocenters. The third-order valence-corrected chi connectivity index (χ3v) is 5.97. The Hall–Kier alpha value is -2.70. The monoisotopic (exact) mass is 411 g/mol. The fraction of sp³-hybridized carbons (Fsp3) is 0.318. The second kappa shape index (κ2) is 7.97. The van der Waals surface area contributed by atoms with Gasteiger partial charge < -0.3 is 4.90 Å². The van der Waals surface area contributed by atoms with E-state index in [9.17, 15) is 14.4 Å². The minimum Gasteiger partial charge on any atom is -0.338 e. The molecule has 2 aliphatic rings. The van der Waals surface area contributed by atoms with E-state index in [0.29, 0.717) is 37.3 Å². The first-order valence-electron chi connectivity index (χ1n) is 9.69. The highest BCUT2D eigenvalue weighted by Crippen LogP contribution is 2.25. The third kappa shape index (κ3) is 3.66. The number of hydrogen-bond donors (Lipinski definition) is 0. The summed E-state index contributed by atoms with van der Waals surface area (Å²) in [6, 6.07) is 13.6. The fourth-order valence-corrected chi connectivity index (χ4v) is 4.12. The van der Waals surface area contributed by atoms with Gasteiger partial charge in [0.15, 0.2) is 0 Å². The van der Waals surface area contributed by atoms with Crippen LogP contribution in [0.1, 0.15) is 33.2 Å². The SMILES string of the molecule is C[C@H](C(=O)N1CCN(Cc2ccccc2Cl)CC1)N1C(=O)c2ccccc2C1=O. The zero-order valence-electron chi connectivity index (χ0n) is 16.2. The summed E-state index contributed by atoms with van der Waals surface area (Å²) in [5, 5.41) is 0.741. The van der Waals surface area contributed by atoms with Crippen LogP contribution in [0.2, 0.25) is 5.02 Å². The Kier molecular flexibility index (Phi) is 5.39. The van der Waals surface area contributed by atoms with E-state index >= 15 is 0 Å². The topological polar surface area (TPSA) is 60.9 Å². The van der Waals surface area contributed by atoms with Gasteiger partial charge in [0, 0.05) is 37.7 Å². The van der Waals surface area contributed by atoms with Gasteiger partial charge in [0.05, 0.1) is 11.1 Å². The summed E-state index contributed by atoms with van der Waals surface area (Å²) in [4.78, 5) is 43.3. The summed E-state index contributed by atoms with van der Waals surface area (Å²) in [5.41, 5.74) is 1.79. The molecule has 7 heteroatoms. The molecule has 0 spiro atoms. The molecule has 1 saturated heterocycles. The predicted molar refractivity (Wildman–Crippen MR) is 110 cm³/mol. The van der Waals surface area contributed by atoms with E-state index in [4.69, 9.17) is 11.6 Å². The molecule has 2 aromatic carbocycles. The Balaban J connectivity index is 1.38. The van der Waals surface area contributed by atoms with Crippen molar-refractivity contribution in [3.05, 3.63) is 70.2 Å². The van der Waals surface area contributed by atoms with Gasteiger partial charge in [-0.2, -0.15) is 0 Å². The molecule has 150 valence electrons. The molecule has 2 aliphatic heterocycles. The van der Waals surface area contributed by atoms with Crippen LogP contribution in [0.4, 0.5) is 0 Å². The van der Waals surface area contributed by atoms with Crippen molar-refractivity contribution >= 4 is 29.3 Å². The molecule has 0 unspecified atom stereocenters. The number of imide groups is 1. The molecule has 0 saturated carbocycles. The lowest BCUT2D eigenvalue weighted by atomic mass is 10.1. The molecule has 0 N–H and O–H groups in total. The number of carbonyl (C=O) groups is 3. The number of benzene rings is 2. The first-order valence-corrected chi connectivity index (χ1v) is 10.1. The van der Waals surface area contributed by atoms with Gasteiger partial charge in [-0.05, 0) is 30.7 Å². The number of amides is 3. The Morgan fingerprint density at radius 2 is 1.48 bits per heavy atom. The summed E-state index contributed by atoms with van der Waals surface area (Å²) in [5.74, 6) is -0.996. The highest BCUT2D eigenvalue weighted by atomic mass is 35.5. The summed E-state index contributed by atoms with van der Waals surface area (Å²) < 4.78 is 0. The van der Waals surface area contributed by atoms with E-state index in [1.807, 2.05) is 24.3 Å². The van der Waals surface area contributed by atoms with Crippen molar-refractivity contribution in [3.8, 4) is 0 Å². The molecule has 0 aromatic heterocycles. The van der Waals surface area contributed by atoms with Crippen LogP contribution in [0.15, 0.2) is 48.5 Å². The van der Waals surface area contributed by atoms with Crippen LogP contribution in [0, 0.1) is 0 Å². The average Bonchev–Trinajstić information content (AvgIpc) is 3.00. The second-order valence-corrected chi connectivity index (χ2v) is 7.80. The maximum absolute atomic E-state index is 13.0. The van der Waals surface area contributed by atoms with E-state index in [1.165, 1.54) is 0 Å². The fourth-order valence-electron chi connectivity index (χ4n) is 3.93. The lowest BCUT2D eigenvalue weighted by Crippen LogP contribution is -2.55. The van der Waals surface area contributed by atoms with E-state index in [2.05, 4.69) is 4.90 Å². The minimum atomic E-state index is -0.822. The van der Waals surface area contributed by atoms with E-state index in [0.717, 1.165) is 22.0 Å². The first kappa shape index (κ1) is 19.6. The molecule has 4 rings (SSSR count). The Morgan fingerprint density at radius 3 is 2.07 bits per heavy atom. The molecule has 0 bridgehead atoms. The predicted octanol–water partition coefficient (Wildman–Crippen LogP) is 2.67. The number of piperazine rings is 1. The van der Waals surface area contributed by atoms with Gasteiger partial charge in [-0.3, -0.25) is 24.2 Å². The van der Waals surface area contributed by atoms with E-state index in [1.54, 1.807) is 36.1 Å². The van der Waals surface area contributed by atoms with Crippen molar-refractivity contribution in [1.82, 2.24) is 14.7 Å². The van der Waals surface area contributed by atoms with Crippen LogP contribution in [0.5, 0.6) is 0 Å². The highest BCUT2D eigenvalue weighted by Gasteiger charge is 2.42. The van der Waals surface area contributed by atoms with Crippen LogP contribution in [-0.4, -0.2) is 64.6 Å². The normalized spacial score (nSPS) is 18.1. The zero-order valence-corrected chi connectivity index (χ0v) is 16.9. The van der Waals surface area contributed by atoms with Gasteiger partial charge in [-0.25, -0.2) is 0 Å². The van der Waals surface area contributed by atoms with Crippen molar-refractivity contribution in [3.63, 3.8) is 0 Å². The quantitative estimate of drug-likeness (QED) is 0.726. The molecule has 1 fully saturated rings. The minimum absolute atomic E-state index is 0.197. The van der Waals surface area contributed by atoms with Crippen LogP contribution in [0.25, 0.3) is 0 Å². The highest BCUT2D eigenvalue weighted by molar-refractivity contribution is 6.31. The van der Waals surface area contributed by atoms with Crippen molar-refractivity contribution < 1.29 is 14.4 Å². The molecular formula is C22H22ClN3O3. The summed E-state index contributed by atoms with van der Waals surface area (Å²) in [6.07, 6.45) is 0. The summed E-state index contributed by atoms with van der Waals surface area (Å²) in [6.45, 7) is 4.89. The van der Waals surface area contributed by atoms with Crippen molar-refractivity contribution in [2.45, 2.75) is 19.5 Å². The second-order valence-electron chi connectivity index (χ2n) is 7.39. The third-order valence-electron chi connectivity index (χ3n) is 5.61. The zero-order chi connectivity index (χ0) is 20.5. The van der Waals surface area contributed by atoms with Crippen LogP contribution >= 0.6 is 11.6 Å². The summed E-state index contributed by atoms with van der Waals surface area (Å²) >= 11 is 6.24. The maximum Gasteiger partial charge on any atom is 0.262 e. The molecule has 0 aliphatic carbocycles. The number of nitrogens with zero attached hydrogens (tertiary/aromatic N) is 3. The van der Waals surface area contributed by atoms with Crippen molar-refractivity contribution in [1.29, 1.82) is 0 Å². The van der Waals surface area contributed by atoms with E-state index in [-0.39, 0.29) is 5.91 Å². The Bertz CT molecular complexity index is 934. The number of hydrogen-bond acceptors (Lipinski definition) is 4. The molecule has 6 nitrogen and oxygen atoms in total. The number of fused-ring (bicyclic) bond motifs is 1. The largest absolute Gasteiger partial charge is 0.338 e. The van der Waals surface area contributed by atoms with Crippen LogP contribution in [0.3, 0.4) is 0 Å². The van der Waals surface area contributed by atoms with Crippen LogP contribution in [-0.2, 0) is 11.3 Å². The average molecular weight is 412 g/mol.